The molecule has 0 saturated carbocycles. The topological polar surface area (TPSA) is 84.3 Å². The number of nitrogens with zero attached hydrogens (tertiary/aromatic N) is 1. The summed E-state index contributed by atoms with van der Waals surface area (Å²) in [6.07, 6.45) is 2.03. The third-order valence-electron chi connectivity index (χ3n) is 2.89. The van der Waals surface area contributed by atoms with Gasteiger partial charge in [-0.1, -0.05) is 6.92 Å². The van der Waals surface area contributed by atoms with Crippen LogP contribution in [0, 0.1) is 16.0 Å². The van der Waals surface area contributed by atoms with E-state index in [1.807, 2.05) is 6.26 Å². The summed E-state index contributed by atoms with van der Waals surface area (Å²) in [5, 5.41) is 16.9. The van der Waals surface area contributed by atoms with Gasteiger partial charge in [0.2, 0.25) is 0 Å². The number of hydrogen-bond acceptors (Lipinski definition) is 5. The number of carbonyl (C=O) groups is 1. The minimum absolute atomic E-state index is 0.0740. The highest BCUT2D eigenvalue weighted by Crippen LogP contribution is 2.26. The summed E-state index contributed by atoms with van der Waals surface area (Å²) in [6.45, 7) is 5.02. The van der Waals surface area contributed by atoms with Gasteiger partial charge in [-0.3, -0.25) is 14.9 Å². The molecule has 0 bridgehead atoms. The van der Waals surface area contributed by atoms with Crippen molar-refractivity contribution in [2.75, 3.05) is 30.4 Å². The summed E-state index contributed by atoms with van der Waals surface area (Å²) in [6, 6.07) is 4.50. The predicted octanol–water partition coefficient (Wildman–Crippen LogP) is 2.76. The number of nitro benzene ring substituents is 1. The normalized spacial score (nSPS) is 11.8. The Balaban J connectivity index is 2.89. The number of nitro groups is 1. The molecular weight excluding hydrogens is 290 g/mol. The molecule has 1 aromatic rings. The summed E-state index contributed by atoms with van der Waals surface area (Å²) >= 11 is 1.74. The van der Waals surface area contributed by atoms with E-state index in [2.05, 4.69) is 17.6 Å². The molecule has 0 aliphatic rings. The minimum Gasteiger partial charge on any atom is -0.379 e. The molecule has 0 fully saturated rings. The van der Waals surface area contributed by atoms with Gasteiger partial charge in [-0.05, 0) is 37.0 Å². The lowest BCUT2D eigenvalue weighted by Gasteiger charge is -2.13. The van der Waals surface area contributed by atoms with Gasteiger partial charge in [-0.15, -0.1) is 0 Å². The lowest BCUT2D eigenvalue weighted by atomic mass is 10.1. The van der Waals surface area contributed by atoms with Crippen LogP contribution < -0.4 is 10.6 Å². The SMILES string of the molecule is CCNC(=O)c1ccc(NCC(C)CSC)c([N+](=O)[O-])c1. The number of anilines is 1. The van der Waals surface area contributed by atoms with Crippen LogP contribution in [-0.2, 0) is 0 Å². The van der Waals surface area contributed by atoms with Gasteiger partial charge in [-0.2, -0.15) is 11.8 Å². The van der Waals surface area contributed by atoms with Gasteiger partial charge < -0.3 is 10.6 Å². The van der Waals surface area contributed by atoms with Gasteiger partial charge in [0.05, 0.1) is 4.92 Å². The van der Waals surface area contributed by atoms with Crippen LogP contribution in [0.3, 0.4) is 0 Å². The summed E-state index contributed by atoms with van der Waals surface area (Å²) in [4.78, 5) is 22.4. The quantitative estimate of drug-likeness (QED) is 0.569. The highest BCUT2D eigenvalue weighted by atomic mass is 32.2. The van der Waals surface area contributed by atoms with E-state index in [1.165, 1.54) is 6.07 Å². The fourth-order valence-electron chi connectivity index (χ4n) is 1.86. The number of benzene rings is 1. The second-order valence-corrected chi connectivity index (χ2v) is 5.70. The fraction of sp³-hybridized carbons (Fsp3) is 0.500. The molecule has 0 aromatic heterocycles. The maximum atomic E-state index is 11.7. The second-order valence-electron chi connectivity index (χ2n) is 4.79. The van der Waals surface area contributed by atoms with Crippen molar-refractivity contribution in [3.8, 4) is 0 Å². The van der Waals surface area contributed by atoms with E-state index >= 15 is 0 Å². The number of rotatable bonds is 8. The number of hydrogen-bond donors (Lipinski definition) is 2. The Morgan fingerprint density at radius 2 is 2.19 bits per heavy atom. The van der Waals surface area contributed by atoms with E-state index in [4.69, 9.17) is 0 Å². The Labute approximate surface area is 128 Å². The van der Waals surface area contributed by atoms with E-state index in [1.54, 1.807) is 30.8 Å². The van der Waals surface area contributed by atoms with Crippen LogP contribution in [0.5, 0.6) is 0 Å². The molecule has 1 aromatic carbocycles. The zero-order valence-electron chi connectivity index (χ0n) is 12.5. The largest absolute Gasteiger partial charge is 0.379 e. The highest BCUT2D eigenvalue weighted by Gasteiger charge is 2.17. The third-order valence-corrected chi connectivity index (χ3v) is 3.79. The van der Waals surface area contributed by atoms with E-state index < -0.39 is 4.92 Å². The molecule has 1 unspecified atom stereocenters. The molecule has 1 atom stereocenters. The molecule has 0 spiro atoms. The summed E-state index contributed by atoms with van der Waals surface area (Å²) in [7, 11) is 0. The molecule has 2 N–H and O–H groups in total. The zero-order valence-corrected chi connectivity index (χ0v) is 13.3. The summed E-state index contributed by atoms with van der Waals surface area (Å²) in [5.41, 5.74) is 0.669. The van der Waals surface area contributed by atoms with Crippen molar-refractivity contribution in [1.29, 1.82) is 0 Å². The van der Waals surface area contributed by atoms with Gasteiger partial charge in [0.1, 0.15) is 5.69 Å². The molecular formula is C14H21N3O3S. The van der Waals surface area contributed by atoms with Gasteiger partial charge in [0.25, 0.3) is 11.6 Å². The van der Waals surface area contributed by atoms with Crippen LogP contribution in [0.1, 0.15) is 24.2 Å². The van der Waals surface area contributed by atoms with Crippen molar-refractivity contribution in [3.05, 3.63) is 33.9 Å². The van der Waals surface area contributed by atoms with Crippen LogP contribution in [0.15, 0.2) is 18.2 Å². The lowest BCUT2D eigenvalue weighted by Crippen LogP contribution is -2.22. The van der Waals surface area contributed by atoms with Crippen molar-refractivity contribution in [1.82, 2.24) is 5.32 Å². The Morgan fingerprint density at radius 1 is 1.48 bits per heavy atom. The van der Waals surface area contributed by atoms with Crippen molar-refractivity contribution in [2.45, 2.75) is 13.8 Å². The predicted molar refractivity (Wildman–Crippen MR) is 87.1 cm³/mol. The third kappa shape index (κ3) is 5.26. The van der Waals surface area contributed by atoms with E-state index in [-0.39, 0.29) is 11.6 Å². The lowest BCUT2D eigenvalue weighted by molar-refractivity contribution is -0.384. The van der Waals surface area contributed by atoms with E-state index in [9.17, 15) is 14.9 Å². The smallest absolute Gasteiger partial charge is 0.293 e. The Kier molecular flexibility index (Phi) is 7.01. The first kappa shape index (κ1) is 17.3. The van der Waals surface area contributed by atoms with Crippen LogP contribution in [0.2, 0.25) is 0 Å². The molecule has 21 heavy (non-hydrogen) atoms. The van der Waals surface area contributed by atoms with Crippen molar-refractivity contribution in [2.24, 2.45) is 5.92 Å². The van der Waals surface area contributed by atoms with Crippen LogP contribution in [0.25, 0.3) is 0 Å². The average Bonchev–Trinajstić information content (AvgIpc) is 2.45. The highest BCUT2D eigenvalue weighted by molar-refractivity contribution is 7.98. The molecule has 116 valence electrons. The standard InChI is InChI=1S/C14H21N3O3S/c1-4-15-14(18)11-5-6-12(13(7-11)17(19)20)16-8-10(2)9-21-3/h5-7,10,16H,4,8-9H2,1-3H3,(H,15,18). The molecule has 0 saturated heterocycles. The van der Waals surface area contributed by atoms with E-state index in [0.29, 0.717) is 30.3 Å². The van der Waals surface area contributed by atoms with Gasteiger partial charge in [0.15, 0.2) is 0 Å². The maximum absolute atomic E-state index is 11.7. The van der Waals surface area contributed by atoms with Crippen molar-refractivity contribution in [3.63, 3.8) is 0 Å². The number of carbonyl (C=O) groups excluding carboxylic acids is 1. The number of thioether (sulfide) groups is 1. The molecule has 1 amide bonds. The molecule has 6 nitrogen and oxygen atoms in total. The van der Waals surface area contributed by atoms with Gasteiger partial charge >= 0.3 is 0 Å². The Bertz CT molecular complexity index is 508. The number of nitrogens with one attached hydrogen (secondary N) is 2. The first-order valence-electron chi connectivity index (χ1n) is 6.79. The van der Waals surface area contributed by atoms with Crippen molar-refractivity contribution < 1.29 is 9.72 Å². The zero-order chi connectivity index (χ0) is 15.8. The minimum atomic E-state index is -0.468. The maximum Gasteiger partial charge on any atom is 0.293 e. The van der Waals surface area contributed by atoms with Gasteiger partial charge in [0, 0.05) is 24.7 Å². The summed E-state index contributed by atoms with van der Waals surface area (Å²) in [5.74, 6) is 1.09. The molecule has 1 rings (SSSR count). The first-order valence-corrected chi connectivity index (χ1v) is 8.18. The van der Waals surface area contributed by atoms with Crippen molar-refractivity contribution >= 4 is 29.0 Å². The van der Waals surface area contributed by atoms with Crippen LogP contribution in [0.4, 0.5) is 11.4 Å². The molecule has 0 radical (unpaired) electrons. The Morgan fingerprint density at radius 3 is 2.76 bits per heavy atom. The Hall–Kier alpha value is -1.76. The first-order chi connectivity index (χ1) is 9.99. The molecule has 0 heterocycles. The molecule has 0 aliphatic carbocycles. The number of amides is 1. The van der Waals surface area contributed by atoms with E-state index in [0.717, 1.165) is 5.75 Å². The van der Waals surface area contributed by atoms with Crippen LogP contribution in [-0.4, -0.2) is 35.9 Å². The average molecular weight is 311 g/mol. The monoisotopic (exact) mass is 311 g/mol. The summed E-state index contributed by atoms with van der Waals surface area (Å²) < 4.78 is 0. The molecule has 7 heteroatoms. The van der Waals surface area contributed by atoms with Gasteiger partial charge in [-0.25, -0.2) is 0 Å². The second kappa shape index (κ2) is 8.51. The van der Waals surface area contributed by atoms with Crippen LogP contribution >= 0.6 is 11.8 Å². The fourth-order valence-corrected chi connectivity index (χ4v) is 2.55. The molecule has 0 aliphatic heterocycles.